The summed E-state index contributed by atoms with van der Waals surface area (Å²) >= 11 is 6.28. The van der Waals surface area contributed by atoms with Crippen LogP contribution in [0.1, 0.15) is 25.0 Å². The first-order valence-electron chi connectivity index (χ1n) is 14.2. The van der Waals surface area contributed by atoms with Crippen LogP contribution in [-0.4, -0.2) is 50.9 Å². The molecule has 0 heterocycles. The lowest BCUT2D eigenvalue weighted by atomic mass is 10.0. The molecule has 1 N–H and O–H groups in total. The molecule has 0 saturated heterocycles. The first-order valence-corrected chi connectivity index (χ1v) is 16.0. The van der Waals surface area contributed by atoms with Gasteiger partial charge >= 0.3 is 0 Å². The molecular weight excluding hydrogens is 598 g/mol. The Kier molecular flexibility index (Phi) is 11.0. The van der Waals surface area contributed by atoms with Crippen LogP contribution in [0.4, 0.5) is 5.69 Å². The molecule has 0 radical (unpaired) electrons. The van der Waals surface area contributed by atoms with Gasteiger partial charge in [0, 0.05) is 24.0 Å². The minimum atomic E-state index is -4.25. The standard InChI is InChI=1S/C34H36ClN3O5S/c1-25(2)36-34(40)32(21-26-11-6-4-7-12-26)37(23-27-13-8-5-9-14-27)33(39)24-38(29-16-10-15-28(35)22-29)44(41,42)31-19-17-30(43-3)18-20-31/h4-20,22,25,32H,21,23-24H2,1-3H3,(H,36,40). The van der Waals surface area contributed by atoms with Gasteiger partial charge in [-0.25, -0.2) is 8.42 Å². The van der Waals surface area contributed by atoms with Gasteiger partial charge in [0.05, 0.1) is 17.7 Å². The van der Waals surface area contributed by atoms with E-state index in [0.29, 0.717) is 10.8 Å². The van der Waals surface area contributed by atoms with Gasteiger partial charge in [-0.1, -0.05) is 78.3 Å². The number of anilines is 1. The summed E-state index contributed by atoms with van der Waals surface area (Å²) in [6.07, 6.45) is 0.236. The number of halogens is 1. The van der Waals surface area contributed by atoms with Crippen molar-refractivity contribution in [1.82, 2.24) is 10.2 Å². The molecule has 1 unspecified atom stereocenters. The minimum Gasteiger partial charge on any atom is -0.497 e. The van der Waals surface area contributed by atoms with Crippen LogP contribution < -0.4 is 14.4 Å². The fourth-order valence-electron chi connectivity index (χ4n) is 4.75. The summed E-state index contributed by atoms with van der Waals surface area (Å²) < 4.78 is 34.4. The van der Waals surface area contributed by atoms with Gasteiger partial charge in [-0.15, -0.1) is 0 Å². The summed E-state index contributed by atoms with van der Waals surface area (Å²) in [6, 6.07) is 29.9. The number of sulfonamides is 1. The number of amides is 2. The number of hydrogen-bond acceptors (Lipinski definition) is 5. The molecule has 0 fully saturated rings. The summed E-state index contributed by atoms with van der Waals surface area (Å²) in [5.74, 6) is -0.394. The van der Waals surface area contributed by atoms with E-state index in [9.17, 15) is 18.0 Å². The third-order valence-corrected chi connectivity index (χ3v) is 8.94. The first kappa shape index (κ1) is 32.6. The van der Waals surface area contributed by atoms with E-state index in [1.807, 2.05) is 74.5 Å². The zero-order valence-corrected chi connectivity index (χ0v) is 26.5. The molecule has 0 aliphatic carbocycles. The fraction of sp³-hybridized carbons (Fsp3) is 0.235. The van der Waals surface area contributed by atoms with Crippen LogP contribution in [0.15, 0.2) is 114 Å². The van der Waals surface area contributed by atoms with Crippen molar-refractivity contribution in [2.45, 2.75) is 43.8 Å². The van der Waals surface area contributed by atoms with Crippen LogP contribution >= 0.6 is 11.6 Å². The molecule has 44 heavy (non-hydrogen) atoms. The molecule has 0 bridgehead atoms. The summed E-state index contributed by atoms with van der Waals surface area (Å²) in [5, 5.41) is 3.26. The lowest BCUT2D eigenvalue weighted by molar-refractivity contribution is -0.140. The van der Waals surface area contributed by atoms with Crippen molar-refractivity contribution in [3.8, 4) is 5.75 Å². The van der Waals surface area contributed by atoms with Crippen molar-refractivity contribution in [2.24, 2.45) is 0 Å². The van der Waals surface area contributed by atoms with Crippen LogP contribution in [0.2, 0.25) is 5.02 Å². The summed E-state index contributed by atoms with van der Waals surface area (Å²) in [6.45, 7) is 3.22. The molecule has 1 atom stereocenters. The van der Waals surface area contributed by atoms with Gasteiger partial charge in [0.1, 0.15) is 18.3 Å². The highest BCUT2D eigenvalue weighted by Crippen LogP contribution is 2.28. The second-order valence-electron chi connectivity index (χ2n) is 10.5. The van der Waals surface area contributed by atoms with Crippen LogP contribution in [0, 0.1) is 0 Å². The van der Waals surface area contributed by atoms with Crippen LogP contribution in [0.25, 0.3) is 0 Å². The maximum atomic E-state index is 14.4. The molecule has 0 saturated carbocycles. The van der Waals surface area contributed by atoms with Crippen LogP contribution in [0.5, 0.6) is 5.75 Å². The Morgan fingerprint density at radius 1 is 0.841 bits per heavy atom. The van der Waals surface area contributed by atoms with Crippen molar-refractivity contribution < 1.29 is 22.7 Å². The topological polar surface area (TPSA) is 96.0 Å². The second kappa shape index (κ2) is 14.9. The minimum absolute atomic E-state index is 0.0286. The average Bonchev–Trinajstić information content (AvgIpc) is 3.02. The molecule has 0 aliphatic heterocycles. The highest BCUT2D eigenvalue weighted by atomic mass is 35.5. The lowest BCUT2D eigenvalue weighted by Crippen LogP contribution is -2.54. The number of ether oxygens (including phenoxy) is 1. The van der Waals surface area contributed by atoms with Gasteiger partial charge in [-0.05, 0) is 67.4 Å². The Labute approximate surface area is 264 Å². The monoisotopic (exact) mass is 633 g/mol. The van der Waals surface area contributed by atoms with Crippen molar-refractivity contribution in [2.75, 3.05) is 18.0 Å². The third kappa shape index (κ3) is 8.39. The number of benzene rings is 4. The van der Waals surface area contributed by atoms with E-state index in [0.717, 1.165) is 15.4 Å². The Morgan fingerprint density at radius 3 is 2.02 bits per heavy atom. The zero-order valence-electron chi connectivity index (χ0n) is 24.9. The maximum absolute atomic E-state index is 14.4. The van der Waals surface area contributed by atoms with E-state index in [-0.39, 0.29) is 35.5 Å². The van der Waals surface area contributed by atoms with Gasteiger partial charge in [-0.2, -0.15) is 0 Å². The largest absolute Gasteiger partial charge is 0.497 e. The van der Waals surface area contributed by atoms with E-state index >= 15 is 0 Å². The molecule has 0 spiro atoms. The maximum Gasteiger partial charge on any atom is 0.264 e. The van der Waals surface area contributed by atoms with Crippen molar-refractivity contribution in [3.05, 3.63) is 125 Å². The second-order valence-corrected chi connectivity index (χ2v) is 12.8. The molecular formula is C34H36ClN3O5S. The first-order chi connectivity index (χ1) is 21.1. The van der Waals surface area contributed by atoms with Crippen molar-refractivity contribution in [1.29, 1.82) is 0 Å². The van der Waals surface area contributed by atoms with Gasteiger partial charge in [0.25, 0.3) is 10.0 Å². The van der Waals surface area contributed by atoms with E-state index in [4.69, 9.17) is 16.3 Å². The van der Waals surface area contributed by atoms with Gasteiger partial charge in [0.15, 0.2) is 0 Å². The SMILES string of the molecule is COc1ccc(S(=O)(=O)N(CC(=O)N(Cc2ccccc2)C(Cc2ccccc2)C(=O)NC(C)C)c2cccc(Cl)c2)cc1. The van der Waals surface area contributed by atoms with E-state index in [2.05, 4.69) is 5.32 Å². The van der Waals surface area contributed by atoms with Crippen LogP contribution in [-0.2, 0) is 32.6 Å². The molecule has 2 amide bonds. The van der Waals surface area contributed by atoms with E-state index < -0.39 is 28.5 Å². The highest BCUT2D eigenvalue weighted by molar-refractivity contribution is 7.92. The third-order valence-electron chi connectivity index (χ3n) is 6.92. The summed E-state index contributed by atoms with van der Waals surface area (Å²) in [4.78, 5) is 29.5. The molecule has 4 rings (SSSR count). The molecule has 4 aromatic carbocycles. The Hall–Kier alpha value is -4.34. The van der Waals surface area contributed by atoms with Gasteiger partial charge in [0.2, 0.25) is 11.8 Å². The molecule has 230 valence electrons. The highest BCUT2D eigenvalue weighted by Gasteiger charge is 2.35. The Morgan fingerprint density at radius 2 is 1.45 bits per heavy atom. The van der Waals surface area contributed by atoms with Gasteiger partial charge < -0.3 is 15.0 Å². The number of hydrogen-bond donors (Lipinski definition) is 1. The number of carbonyl (C=O) groups excluding carboxylic acids is 2. The number of rotatable bonds is 13. The summed E-state index contributed by atoms with van der Waals surface area (Å²) in [5.41, 5.74) is 1.87. The quantitative estimate of drug-likeness (QED) is 0.204. The average molecular weight is 634 g/mol. The molecule has 10 heteroatoms. The number of carbonyl (C=O) groups is 2. The predicted octanol–water partition coefficient (Wildman–Crippen LogP) is 5.71. The zero-order chi connectivity index (χ0) is 31.7. The molecule has 0 aromatic heterocycles. The van der Waals surface area contributed by atoms with E-state index in [1.54, 1.807) is 30.3 Å². The number of nitrogens with one attached hydrogen (secondary N) is 1. The van der Waals surface area contributed by atoms with Gasteiger partial charge in [-0.3, -0.25) is 13.9 Å². The smallest absolute Gasteiger partial charge is 0.264 e. The fourth-order valence-corrected chi connectivity index (χ4v) is 6.34. The normalized spacial score (nSPS) is 11.9. The predicted molar refractivity (Wildman–Crippen MR) is 173 cm³/mol. The van der Waals surface area contributed by atoms with Crippen molar-refractivity contribution >= 4 is 39.1 Å². The van der Waals surface area contributed by atoms with Crippen LogP contribution in [0.3, 0.4) is 0 Å². The lowest BCUT2D eigenvalue weighted by Gasteiger charge is -2.34. The number of nitrogens with zero attached hydrogens (tertiary/aromatic N) is 2. The molecule has 8 nitrogen and oxygen atoms in total. The Bertz CT molecular complexity index is 1650. The molecule has 0 aliphatic rings. The van der Waals surface area contributed by atoms with E-state index in [1.165, 1.54) is 30.2 Å². The number of methoxy groups -OCH3 is 1. The van der Waals surface area contributed by atoms with Crippen molar-refractivity contribution in [3.63, 3.8) is 0 Å². The Balaban J connectivity index is 1.79. The molecule has 4 aromatic rings. The summed E-state index contributed by atoms with van der Waals surface area (Å²) in [7, 11) is -2.76.